The molecule has 7 nitrogen and oxygen atoms in total. The van der Waals surface area contributed by atoms with Crippen molar-refractivity contribution in [1.29, 1.82) is 0 Å². The molecule has 3 aliphatic rings. The van der Waals surface area contributed by atoms with Gasteiger partial charge in [-0.1, -0.05) is 30.3 Å². The van der Waals surface area contributed by atoms with Gasteiger partial charge in [-0.2, -0.15) is 0 Å². The Morgan fingerprint density at radius 3 is 2.47 bits per heavy atom. The fourth-order valence-electron chi connectivity index (χ4n) is 4.65. The van der Waals surface area contributed by atoms with Crippen LogP contribution >= 0.6 is 0 Å². The van der Waals surface area contributed by atoms with Crippen molar-refractivity contribution in [3.05, 3.63) is 35.9 Å². The highest BCUT2D eigenvalue weighted by Crippen LogP contribution is 2.35. The van der Waals surface area contributed by atoms with E-state index >= 15 is 0 Å². The van der Waals surface area contributed by atoms with Gasteiger partial charge in [0.25, 0.3) is 0 Å². The Labute approximate surface area is 178 Å². The molecule has 2 atom stereocenters. The Morgan fingerprint density at radius 2 is 1.87 bits per heavy atom. The summed E-state index contributed by atoms with van der Waals surface area (Å²) >= 11 is 0. The lowest BCUT2D eigenvalue weighted by atomic mass is 9.79. The molecule has 1 aromatic carbocycles. The van der Waals surface area contributed by atoms with E-state index in [1.54, 1.807) is 7.11 Å². The number of ether oxygens (including phenoxy) is 3. The number of hydrogen-bond donors (Lipinski definition) is 1. The van der Waals surface area contributed by atoms with E-state index in [-0.39, 0.29) is 19.1 Å². The number of rotatable bonds is 12. The predicted molar refractivity (Wildman–Crippen MR) is 111 cm³/mol. The number of fused-ring (bicyclic) bond motifs is 3. The zero-order chi connectivity index (χ0) is 21.3. The largest absolute Gasteiger partial charge is 0.479 e. The third-order valence-corrected chi connectivity index (χ3v) is 6.24. The van der Waals surface area contributed by atoms with Crippen LogP contribution in [0.25, 0.3) is 0 Å². The van der Waals surface area contributed by atoms with Crippen LogP contribution in [-0.4, -0.2) is 67.7 Å². The summed E-state index contributed by atoms with van der Waals surface area (Å²) in [5, 5.41) is 9.82. The number of benzene rings is 1. The number of piperidine rings is 2. The van der Waals surface area contributed by atoms with E-state index in [9.17, 15) is 14.7 Å². The van der Waals surface area contributed by atoms with Gasteiger partial charge < -0.3 is 24.2 Å². The maximum Gasteiger partial charge on any atom is 0.333 e. The molecule has 3 fully saturated rings. The molecule has 1 saturated carbocycles. The highest BCUT2D eigenvalue weighted by atomic mass is 16.7. The first-order valence-electron chi connectivity index (χ1n) is 10.8. The van der Waals surface area contributed by atoms with Gasteiger partial charge in [-0.05, 0) is 43.6 Å². The van der Waals surface area contributed by atoms with Crippen molar-refractivity contribution in [2.24, 2.45) is 11.8 Å². The summed E-state index contributed by atoms with van der Waals surface area (Å²) in [5.41, 5.74) is 0.991. The number of methoxy groups -OCH3 is 1. The highest BCUT2D eigenvalue weighted by molar-refractivity contribution is 5.79. The van der Waals surface area contributed by atoms with Crippen LogP contribution in [0.4, 0.5) is 0 Å². The molecule has 0 radical (unpaired) electrons. The average molecular weight is 420 g/mol. The monoisotopic (exact) mass is 419 g/mol. The van der Waals surface area contributed by atoms with Crippen molar-refractivity contribution in [3.63, 3.8) is 0 Å². The third kappa shape index (κ3) is 6.27. The fraction of sp³-hybridized carbons (Fsp3) is 0.652. The summed E-state index contributed by atoms with van der Waals surface area (Å²) in [6.07, 6.45) is 4.02. The molecule has 166 valence electrons. The molecule has 2 aliphatic heterocycles. The molecule has 30 heavy (non-hydrogen) atoms. The number of nitrogens with zero attached hydrogens (tertiary/aromatic N) is 1. The van der Waals surface area contributed by atoms with Gasteiger partial charge >= 0.3 is 5.97 Å². The first-order chi connectivity index (χ1) is 14.6. The first-order valence-corrected chi connectivity index (χ1v) is 10.8. The summed E-state index contributed by atoms with van der Waals surface area (Å²) < 4.78 is 15.8. The number of aliphatic carboxylic acids is 1. The van der Waals surface area contributed by atoms with Crippen LogP contribution in [0.3, 0.4) is 0 Å². The van der Waals surface area contributed by atoms with Crippen molar-refractivity contribution in [2.45, 2.75) is 50.7 Å². The number of carbonyl (C=O) groups excluding carboxylic acids is 1. The third-order valence-electron chi connectivity index (χ3n) is 6.24. The van der Waals surface area contributed by atoms with Gasteiger partial charge in [-0.15, -0.1) is 0 Å². The van der Waals surface area contributed by atoms with Crippen LogP contribution in [0.5, 0.6) is 0 Å². The maximum atomic E-state index is 13.2. The van der Waals surface area contributed by atoms with E-state index in [2.05, 4.69) is 0 Å². The van der Waals surface area contributed by atoms with Crippen molar-refractivity contribution >= 4 is 11.9 Å². The quantitative estimate of drug-likeness (QED) is 0.414. The SMILES string of the molecule is COCCOCOC(C(=O)O)[C@H](CC(=O)N1CC2CCC1CC2)Cc1ccccc1. The van der Waals surface area contributed by atoms with Gasteiger partial charge in [-0.25, -0.2) is 4.79 Å². The van der Waals surface area contributed by atoms with Gasteiger partial charge in [0.1, 0.15) is 6.79 Å². The molecule has 2 heterocycles. The molecule has 7 heteroatoms. The van der Waals surface area contributed by atoms with E-state index in [4.69, 9.17) is 14.2 Å². The summed E-state index contributed by atoms with van der Waals surface area (Å²) in [7, 11) is 1.57. The lowest BCUT2D eigenvalue weighted by Gasteiger charge is -2.45. The molecule has 2 bridgehead atoms. The van der Waals surface area contributed by atoms with Crippen LogP contribution in [0, 0.1) is 11.8 Å². The number of hydrogen-bond acceptors (Lipinski definition) is 5. The average Bonchev–Trinajstić information content (AvgIpc) is 2.77. The van der Waals surface area contributed by atoms with E-state index in [1.165, 1.54) is 12.8 Å². The number of carboxylic acid groups (broad SMARTS) is 1. The lowest BCUT2D eigenvalue weighted by Crippen LogP contribution is -2.51. The van der Waals surface area contributed by atoms with Gasteiger partial charge in [-0.3, -0.25) is 4.79 Å². The topological polar surface area (TPSA) is 85.3 Å². The normalized spacial score (nSPS) is 22.6. The number of amides is 1. The van der Waals surface area contributed by atoms with Gasteiger partial charge in [0.15, 0.2) is 6.10 Å². The lowest BCUT2D eigenvalue weighted by molar-refractivity contribution is -0.169. The van der Waals surface area contributed by atoms with Crippen molar-refractivity contribution in [3.8, 4) is 0 Å². The molecule has 1 amide bonds. The number of carbonyl (C=O) groups is 2. The molecule has 1 aliphatic carbocycles. The molecular weight excluding hydrogens is 386 g/mol. The summed E-state index contributed by atoms with van der Waals surface area (Å²) in [6.45, 7) is 1.39. The molecular formula is C23H33NO6. The summed E-state index contributed by atoms with van der Waals surface area (Å²) in [4.78, 5) is 27.2. The van der Waals surface area contributed by atoms with Crippen LogP contribution in [0.1, 0.15) is 37.7 Å². The standard InChI is InChI=1S/C23H33NO6/c1-28-11-12-29-16-30-22(23(26)27)19(13-17-5-3-2-4-6-17)14-21(25)24-15-18-7-9-20(24)10-8-18/h2-6,18-20,22H,7-16H2,1H3,(H,26,27)/t18?,19-,20?,22?/m0/s1. The Hall–Kier alpha value is -1.96. The zero-order valence-electron chi connectivity index (χ0n) is 17.7. The van der Waals surface area contributed by atoms with Crippen molar-refractivity contribution < 1.29 is 28.9 Å². The maximum absolute atomic E-state index is 13.2. The second-order valence-corrected chi connectivity index (χ2v) is 8.32. The minimum Gasteiger partial charge on any atom is -0.479 e. The van der Waals surface area contributed by atoms with Crippen LogP contribution in [-0.2, 0) is 30.2 Å². The Bertz CT molecular complexity index is 674. The Morgan fingerprint density at radius 1 is 1.13 bits per heavy atom. The molecule has 1 unspecified atom stereocenters. The van der Waals surface area contributed by atoms with Gasteiger partial charge in [0, 0.05) is 32.0 Å². The second-order valence-electron chi connectivity index (χ2n) is 8.32. The van der Waals surface area contributed by atoms with E-state index in [0.29, 0.717) is 31.6 Å². The highest BCUT2D eigenvalue weighted by Gasteiger charge is 2.39. The van der Waals surface area contributed by atoms with Crippen molar-refractivity contribution in [1.82, 2.24) is 4.90 Å². The fourth-order valence-corrected chi connectivity index (χ4v) is 4.65. The summed E-state index contributed by atoms with van der Waals surface area (Å²) in [6, 6.07) is 9.97. The molecule has 4 rings (SSSR count). The van der Waals surface area contributed by atoms with Crippen LogP contribution in [0.2, 0.25) is 0 Å². The molecule has 0 aromatic heterocycles. The first kappa shape index (κ1) is 22.7. The predicted octanol–water partition coefficient (Wildman–Crippen LogP) is 2.73. The number of carboxylic acids is 1. The van der Waals surface area contributed by atoms with Gasteiger partial charge in [0.2, 0.25) is 5.91 Å². The van der Waals surface area contributed by atoms with Gasteiger partial charge in [0.05, 0.1) is 13.2 Å². The second kappa shape index (κ2) is 11.4. The molecule has 1 N–H and O–H groups in total. The van der Waals surface area contributed by atoms with Crippen LogP contribution < -0.4 is 0 Å². The Kier molecular flexibility index (Phi) is 8.66. The minimum atomic E-state index is -1.11. The summed E-state index contributed by atoms with van der Waals surface area (Å²) in [5.74, 6) is -0.907. The smallest absolute Gasteiger partial charge is 0.333 e. The molecule has 1 aromatic rings. The Balaban J connectivity index is 1.67. The van der Waals surface area contributed by atoms with E-state index in [0.717, 1.165) is 24.9 Å². The van der Waals surface area contributed by atoms with Crippen molar-refractivity contribution in [2.75, 3.05) is 33.7 Å². The van der Waals surface area contributed by atoms with Crippen LogP contribution in [0.15, 0.2) is 30.3 Å². The molecule has 0 spiro atoms. The minimum absolute atomic E-state index is 0.0421. The van der Waals surface area contributed by atoms with E-state index < -0.39 is 18.0 Å². The molecule has 2 saturated heterocycles. The van der Waals surface area contributed by atoms with E-state index in [1.807, 2.05) is 35.2 Å². The zero-order valence-corrected chi connectivity index (χ0v) is 17.7.